The van der Waals surface area contributed by atoms with Gasteiger partial charge in [0, 0.05) is 12.0 Å². The Morgan fingerprint density at radius 3 is 3.08 bits per heavy atom. The van der Waals surface area contributed by atoms with Gasteiger partial charge in [0.05, 0.1) is 12.5 Å². The summed E-state index contributed by atoms with van der Waals surface area (Å²) in [6.07, 6.45) is 4.04. The molecule has 4 nitrogen and oxygen atoms in total. The van der Waals surface area contributed by atoms with Gasteiger partial charge in [0.1, 0.15) is 11.6 Å². The molecule has 2 heterocycles. The molecule has 0 aliphatic carbocycles. The van der Waals surface area contributed by atoms with Crippen LogP contribution in [0.15, 0.2) is 29.0 Å². The van der Waals surface area contributed by atoms with E-state index in [0.717, 1.165) is 11.3 Å². The summed E-state index contributed by atoms with van der Waals surface area (Å²) in [4.78, 5) is 0. The summed E-state index contributed by atoms with van der Waals surface area (Å²) in [6, 6.07) is 3.76. The maximum absolute atomic E-state index is 5.60. The lowest BCUT2D eigenvalue weighted by Gasteiger charge is -1.93. The van der Waals surface area contributed by atoms with Crippen LogP contribution in [-0.2, 0) is 6.42 Å². The molecule has 0 atom stereocenters. The number of aromatic nitrogens is 2. The molecule has 3 N–H and O–H groups in total. The van der Waals surface area contributed by atoms with Crippen LogP contribution >= 0.6 is 0 Å². The fourth-order valence-corrected chi connectivity index (χ4v) is 1.06. The van der Waals surface area contributed by atoms with Gasteiger partial charge in [-0.2, -0.15) is 5.10 Å². The lowest BCUT2D eigenvalue weighted by atomic mass is 10.2. The van der Waals surface area contributed by atoms with Crippen LogP contribution in [0.3, 0.4) is 0 Å². The van der Waals surface area contributed by atoms with Crippen molar-refractivity contribution >= 4 is 5.82 Å². The van der Waals surface area contributed by atoms with Crippen molar-refractivity contribution in [2.45, 2.75) is 6.42 Å². The van der Waals surface area contributed by atoms with Crippen LogP contribution in [0.1, 0.15) is 11.3 Å². The van der Waals surface area contributed by atoms with Gasteiger partial charge in [-0.05, 0) is 12.1 Å². The molecular formula is C8H9N3O. The topological polar surface area (TPSA) is 67.8 Å². The quantitative estimate of drug-likeness (QED) is 0.698. The van der Waals surface area contributed by atoms with Gasteiger partial charge in [-0.3, -0.25) is 5.10 Å². The van der Waals surface area contributed by atoms with Gasteiger partial charge < -0.3 is 10.2 Å². The smallest absolute Gasteiger partial charge is 0.122 e. The van der Waals surface area contributed by atoms with Crippen LogP contribution in [0.25, 0.3) is 0 Å². The number of nitrogen functional groups attached to an aromatic ring is 1. The normalized spacial score (nSPS) is 10.3. The van der Waals surface area contributed by atoms with E-state index in [4.69, 9.17) is 10.2 Å². The van der Waals surface area contributed by atoms with E-state index in [9.17, 15) is 0 Å². The van der Waals surface area contributed by atoms with Crippen molar-refractivity contribution in [1.29, 1.82) is 0 Å². The molecule has 0 radical (unpaired) electrons. The fraction of sp³-hybridized carbons (Fsp3) is 0.125. The molecule has 0 aliphatic rings. The molecule has 0 saturated carbocycles. The molecule has 0 amide bonds. The number of furan rings is 1. The van der Waals surface area contributed by atoms with Crippen molar-refractivity contribution in [3.8, 4) is 0 Å². The van der Waals surface area contributed by atoms with Gasteiger partial charge in [-0.15, -0.1) is 0 Å². The second kappa shape index (κ2) is 2.73. The van der Waals surface area contributed by atoms with E-state index in [0.29, 0.717) is 12.2 Å². The monoisotopic (exact) mass is 163 g/mol. The Morgan fingerprint density at radius 2 is 2.50 bits per heavy atom. The van der Waals surface area contributed by atoms with Crippen molar-refractivity contribution in [2.24, 2.45) is 0 Å². The first-order valence-electron chi connectivity index (χ1n) is 3.66. The molecule has 4 heteroatoms. The summed E-state index contributed by atoms with van der Waals surface area (Å²) < 4.78 is 5.16. The third-order valence-electron chi connectivity index (χ3n) is 1.70. The van der Waals surface area contributed by atoms with E-state index in [-0.39, 0.29) is 0 Å². The average Bonchev–Trinajstić information content (AvgIpc) is 2.65. The molecule has 0 spiro atoms. The summed E-state index contributed by atoms with van der Waals surface area (Å²) in [5.74, 6) is 1.49. The second-order valence-corrected chi connectivity index (χ2v) is 2.57. The van der Waals surface area contributed by atoms with Gasteiger partial charge >= 0.3 is 0 Å². The van der Waals surface area contributed by atoms with E-state index < -0.39 is 0 Å². The number of nitrogens with one attached hydrogen (secondary N) is 1. The Bertz CT molecular complexity index is 350. The highest BCUT2D eigenvalue weighted by Crippen LogP contribution is 2.12. The summed E-state index contributed by atoms with van der Waals surface area (Å²) in [6.45, 7) is 0. The zero-order valence-corrected chi connectivity index (χ0v) is 6.45. The highest BCUT2D eigenvalue weighted by atomic mass is 16.3. The molecule has 0 fully saturated rings. The molecule has 12 heavy (non-hydrogen) atoms. The highest BCUT2D eigenvalue weighted by molar-refractivity contribution is 5.38. The molecule has 2 aromatic heterocycles. The summed E-state index contributed by atoms with van der Waals surface area (Å²) in [7, 11) is 0. The minimum absolute atomic E-state index is 0.603. The third-order valence-corrected chi connectivity index (χ3v) is 1.70. The van der Waals surface area contributed by atoms with Gasteiger partial charge in [0.25, 0.3) is 0 Å². The van der Waals surface area contributed by atoms with Crippen LogP contribution in [-0.4, -0.2) is 10.2 Å². The zero-order chi connectivity index (χ0) is 8.39. The predicted molar refractivity (Wildman–Crippen MR) is 44.5 cm³/mol. The Balaban J connectivity index is 2.20. The molecule has 0 saturated heterocycles. The first-order chi connectivity index (χ1) is 5.86. The maximum Gasteiger partial charge on any atom is 0.122 e. The summed E-state index contributed by atoms with van der Waals surface area (Å²) in [5, 5.41) is 6.48. The highest BCUT2D eigenvalue weighted by Gasteiger charge is 2.03. The minimum Gasteiger partial charge on any atom is -0.469 e. The lowest BCUT2D eigenvalue weighted by Crippen LogP contribution is -1.91. The Morgan fingerprint density at radius 1 is 1.58 bits per heavy atom. The first-order valence-corrected chi connectivity index (χ1v) is 3.66. The molecule has 0 aromatic carbocycles. The number of nitrogens with zero attached hydrogens (tertiary/aromatic N) is 1. The number of nitrogens with two attached hydrogens (primary N) is 1. The van der Waals surface area contributed by atoms with Crippen molar-refractivity contribution in [3.05, 3.63) is 35.9 Å². The van der Waals surface area contributed by atoms with Crippen molar-refractivity contribution in [1.82, 2.24) is 10.2 Å². The van der Waals surface area contributed by atoms with E-state index in [1.165, 1.54) is 0 Å². The van der Waals surface area contributed by atoms with E-state index >= 15 is 0 Å². The second-order valence-electron chi connectivity index (χ2n) is 2.57. The molecule has 62 valence electrons. The third kappa shape index (κ3) is 1.18. The van der Waals surface area contributed by atoms with Crippen molar-refractivity contribution < 1.29 is 4.42 Å². The molecule has 0 bridgehead atoms. The number of aromatic amines is 1. The SMILES string of the molecule is Nc1[nH]ncc1Cc1ccco1. The standard InChI is InChI=1S/C8H9N3O/c9-8-6(5-10-11-8)4-7-2-1-3-12-7/h1-3,5H,4H2,(H3,9,10,11). The van der Waals surface area contributed by atoms with Gasteiger partial charge in [-0.25, -0.2) is 0 Å². The molecule has 0 unspecified atom stereocenters. The van der Waals surface area contributed by atoms with Crippen LogP contribution in [0, 0.1) is 0 Å². The molecular weight excluding hydrogens is 154 g/mol. The number of hydrogen-bond donors (Lipinski definition) is 2. The van der Waals surface area contributed by atoms with Gasteiger partial charge in [-0.1, -0.05) is 0 Å². The Kier molecular flexibility index (Phi) is 1.59. The largest absolute Gasteiger partial charge is 0.469 e. The maximum atomic E-state index is 5.60. The molecule has 2 rings (SSSR count). The van der Waals surface area contributed by atoms with E-state index in [1.54, 1.807) is 12.5 Å². The number of hydrogen-bond acceptors (Lipinski definition) is 3. The van der Waals surface area contributed by atoms with Crippen LogP contribution in [0.2, 0.25) is 0 Å². The molecule has 2 aromatic rings. The fourth-order valence-electron chi connectivity index (χ4n) is 1.06. The van der Waals surface area contributed by atoms with Crippen LogP contribution in [0.5, 0.6) is 0 Å². The average molecular weight is 163 g/mol. The van der Waals surface area contributed by atoms with Crippen LogP contribution in [0.4, 0.5) is 5.82 Å². The first kappa shape index (κ1) is 6.97. The van der Waals surface area contributed by atoms with Crippen molar-refractivity contribution in [3.63, 3.8) is 0 Å². The lowest BCUT2D eigenvalue weighted by molar-refractivity contribution is 0.521. The van der Waals surface area contributed by atoms with E-state index in [1.807, 2.05) is 12.1 Å². The van der Waals surface area contributed by atoms with Crippen LogP contribution < -0.4 is 5.73 Å². The van der Waals surface area contributed by atoms with Gasteiger partial charge in [0.2, 0.25) is 0 Å². The summed E-state index contributed by atoms with van der Waals surface area (Å²) in [5.41, 5.74) is 6.56. The number of H-pyrrole nitrogens is 1. The van der Waals surface area contributed by atoms with Crippen molar-refractivity contribution in [2.75, 3.05) is 5.73 Å². The Hall–Kier alpha value is -1.71. The number of anilines is 1. The minimum atomic E-state index is 0.603. The summed E-state index contributed by atoms with van der Waals surface area (Å²) >= 11 is 0. The zero-order valence-electron chi connectivity index (χ0n) is 6.45. The van der Waals surface area contributed by atoms with Gasteiger partial charge in [0.15, 0.2) is 0 Å². The molecule has 0 aliphatic heterocycles. The number of rotatable bonds is 2. The van der Waals surface area contributed by atoms with E-state index in [2.05, 4.69) is 10.2 Å². The Labute approximate surface area is 69.4 Å². The predicted octanol–water partition coefficient (Wildman–Crippen LogP) is 1.18.